The summed E-state index contributed by atoms with van der Waals surface area (Å²) >= 11 is 0. The van der Waals surface area contributed by atoms with Crippen molar-refractivity contribution in [3.63, 3.8) is 0 Å². The molecule has 0 saturated carbocycles. The maximum atomic E-state index is 13.0. The topological polar surface area (TPSA) is 30.5 Å². The van der Waals surface area contributed by atoms with Crippen LogP contribution >= 0.6 is 0 Å². The van der Waals surface area contributed by atoms with Gasteiger partial charge in [-0.3, -0.25) is 0 Å². The molecule has 17 heavy (non-hydrogen) atoms. The number of halogens is 2. The Balaban J connectivity index is 2.04. The Labute approximate surface area is 98.7 Å². The molecule has 1 N–H and O–H groups in total. The zero-order valence-corrected chi connectivity index (χ0v) is 9.74. The Kier molecular flexibility index (Phi) is 3.59. The van der Waals surface area contributed by atoms with Gasteiger partial charge in [0.25, 0.3) is 0 Å². The van der Waals surface area contributed by atoms with Crippen molar-refractivity contribution < 1.29 is 18.3 Å². The van der Waals surface area contributed by atoms with E-state index in [-0.39, 0.29) is 18.6 Å². The number of hydrogen-bond acceptors (Lipinski definition) is 3. The zero-order valence-electron chi connectivity index (χ0n) is 9.74. The molecular weight excluding hydrogens is 228 g/mol. The fourth-order valence-corrected chi connectivity index (χ4v) is 1.92. The van der Waals surface area contributed by atoms with Crippen LogP contribution in [0.4, 0.5) is 14.5 Å². The quantitative estimate of drug-likeness (QED) is 0.866. The molecular formula is C12H15F2NO2. The normalized spacial score (nSPS) is 29.1. The van der Waals surface area contributed by atoms with Crippen LogP contribution in [-0.2, 0) is 9.47 Å². The summed E-state index contributed by atoms with van der Waals surface area (Å²) in [5.74, 6) is -1.22. The van der Waals surface area contributed by atoms with Gasteiger partial charge < -0.3 is 14.8 Å². The molecule has 94 valence electrons. The van der Waals surface area contributed by atoms with Crippen LogP contribution in [-0.4, -0.2) is 18.6 Å². The molecule has 1 aromatic carbocycles. The molecule has 1 saturated heterocycles. The molecule has 2 rings (SSSR count). The van der Waals surface area contributed by atoms with Gasteiger partial charge in [-0.2, -0.15) is 0 Å². The minimum Gasteiger partial charge on any atom is -0.360 e. The number of anilines is 1. The van der Waals surface area contributed by atoms with Crippen molar-refractivity contribution in [3.8, 4) is 0 Å². The predicted molar refractivity (Wildman–Crippen MR) is 59.5 cm³/mol. The summed E-state index contributed by atoms with van der Waals surface area (Å²) < 4.78 is 36.8. The SMILES string of the molecule is CC1CC(Nc2cc(F)cc(F)c2)OC(C)O1. The van der Waals surface area contributed by atoms with E-state index < -0.39 is 11.6 Å². The van der Waals surface area contributed by atoms with Gasteiger partial charge in [0.15, 0.2) is 6.29 Å². The molecule has 1 fully saturated rings. The smallest absolute Gasteiger partial charge is 0.157 e. The minimum atomic E-state index is -0.611. The molecule has 0 amide bonds. The average Bonchev–Trinajstić information content (AvgIpc) is 2.13. The fourth-order valence-electron chi connectivity index (χ4n) is 1.92. The van der Waals surface area contributed by atoms with Crippen molar-refractivity contribution in [2.75, 3.05) is 5.32 Å². The van der Waals surface area contributed by atoms with Crippen LogP contribution in [0.25, 0.3) is 0 Å². The van der Waals surface area contributed by atoms with Gasteiger partial charge in [-0.15, -0.1) is 0 Å². The van der Waals surface area contributed by atoms with Crippen molar-refractivity contribution in [2.24, 2.45) is 0 Å². The Bertz CT molecular complexity index is 370. The highest BCUT2D eigenvalue weighted by atomic mass is 19.1. The lowest BCUT2D eigenvalue weighted by molar-refractivity contribution is -0.222. The number of nitrogens with one attached hydrogen (secondary N) is 1. The maximum absolute atomic E-state index is 13.0. The molecule has 0 spiro atoms. The Morgan fingerprint density at radius 3 is 2.35 bits per heavy atom. The van der Waals surface area contributed by atoms with Gasteiger partial charge >= 0.3 is 0 Å². The molecule has 3 unspecified atom stereocenters. The fraction of sp³-hybridized carbons (Fsp3) is 0.500. The monoisotopic (exact) mass is 243 g/mol. The zero-order chi connectivity index (χ0) is 12.4. The first-order chi connectivity index (χ1) is 8.02. The van der Waals surface area contributed by atoms with Crippen molar-refractivity contribution in [3.05, 3.63) is 29.8 Å². The van der Waals surface area contributed by atoms with Crippen molar-refractivity contribution in [1.82, 2.24) is 0 Å². The maximum Gasteiger partial charge on any atom is 0.157 e. The van der Waals surface area contributed by atoms with Gasteiger partial charge in [-0.05, 0) is 26.0 Å². The van der Waals surface area contributed by atoms with Crippen molar-refractivity contribution in [2.45, 2.75) is 38.9 Å². The number of hydrogen-bond donors (Lipinski definition) is 1. The van der Waals surface area contributed by atoms with E-state index in [1.807, 2.05) is 6.92 Å². The van der Waals surface area contributed by atoms with E-state index in [9.17, 15) is 8.78 Å². The van der Waals surface area contributed by atoms with Gasteiger partial charge in [-0.1, -0.05) is 0 Å². The first kappa shape index (κ1) is 12.3. The van der Waals surface area contributed by atoms with E-state index in [1.165, 1.54) is 12.1 Å². The van der Waals surface area contributed by atoms with Crippen LogP contribution in [0.5, 0.6) is 0 Å². The minimum absolute atomic E-state index is 0.0506. The van der Waals surface area contributed by atoms with E-state index in [0.717, 1.165) is 6.07 Å². The molecule has 1 heterocycles. The number of ether oxygens (including phenoxy) is 2. The summed E-state index contributed by atoms with van der Waals surface area (Å²) in [5, 5.41) is 2.94. The second-order valence-electron chi connectivity index (χ2n) is 4.18. The van der Waals surface area contributed by atoms with Gasteiger partial charge in [0.05, 0.1) is 6.10 Å². The third-order valence-electron chi connectivity index (χ3n) is 2.52. The third-order valence-corrected chi connectivity index (χ3v) is 2.52. The second kappa shape index (κ2) is 4.98. The second-order valence-corrected chi connectivity index (χ2v) is 4.18. The summed E-state index contributed by atoms with van der Waals surface area (Å²) in [6, 6.07) is 3.30. The molecule has 1 aliphatic heterocycles. The van der Waals surface area contributed by atoms with Crippen LogP contribution in [0.3, 0.4) is 0 Å². The highest BCUT2D eigenvalue weighted by Crippen LogP contribution is 2.21. The van der Waals surface area contributed by atoms with Crippen molar-refractivity contribution >= 4 is 5.69 Å². The molecule has 0 aliphatic carbocycles. The molecule has 5 heteroatoms. The molecule has 1 aliphatic rings. The number of benzene rings is 1. The first-order valence-corrected chi connectivity index (χ1v) is 5.56. The summed E-state index contributed by atoms with van der Waals surface area (Å²) in [7, 11) is 0. The van der Waals surface area contributed by atoms with Crippen molar-refractivity contribution in [1.29, 1.82) is 0 Å². The van der Waals surface area contributed by atoms with Crippen LogP contribution in [0.1, 0.15) is 20.3 Å². The Morgan fingerprint density at radius 1 is 1.12 bits per heavy atom. The van der Waals surface area contributed by atoms with Crippen LogP contribution < -0.4 is 5.32 Å². The van der Waals surface area contributed by atoms with Crippen LogP contribution in [0, 0.1) is 11.6 Å². The first-order valence-electron chi connectivity index (χ1n) is 5.56. The van der Waals surface area contributed by atoms with Gasteiger partial charge in [0.2, 0.25) is 0 Å². The number of rotatable bonds is 2. The highest BCUT2D eigenvalue weighted by molar-refractivity contribution is 5.44. The van der Waals surface area contributed by atoms with E-state index in [2.05, 4.69) is 5.32 Å². The lowest BCUT2D eigenvalue weighted by atomic mass is 10.2. The molecule has 0 radical (unpaired) electrons. The molecule has 1 aromatic rings. The van der Waals surface area contributed by atoms with E-state index in [1.54, 1.807) is 6.92 Å². The molecule has 3 nitrogen and oxygen atoms in total. The van der Waals surface area contributed by atoms with E-state index >= 15 is 0 Å². The lowest BCUT2D eigenvalue weighted by Gasteiger charge is -2.33. The van der Waals surface area contributed by atoms with Gasteiger partial charge in [-0.25, -0.2) is 8.78 Å². The van der Waals surface area contributed by atoms with Gasteiger partial charge in [0, 0.05) is 18.2 Å². The van der Waals surface area contributed by atoms with Gasteiger partial charge in [0.1, 0.15) is 17.9 Å². The summed E-state index contributed by atoms with van der Waals surface area (Å²) in [5.41, 5.74) is 0.369. The third kappa shape index (κ3) is 3.38. The summed E-state index contributed by atoms with van der Waals surface area (Å²) in [6.07, 6.45) is 0.0573. The Hall–Kier alpha value is -1.20. The van der Waals surface area contributed by atoms with E-state index in [4.69, 9.17) is 9.47 Å². The summed E-state index contributed by atoms with van der Waals surface area (Å²) in [4.78, 5) is 0. The lowest BCUT2D eigenvalue weighted by Crippen LogP contribution is -2.39. The largest absolute Gasteiger partial charge is 0.360 e. The van der Waals surface area contributed by atoms with E-state index in [0.29, 0.717) is 12.1 Å². The molecule has 0 bridgehead atoms. The molecule has 3 atom stereocenters. The highest BCUT2D eigenvalue weighted by Gasteiger charge is 2.24. The molecule has 0 aromatic heterocycles. The average molecular weight is 243 g/mol. The summed E-state index contributed by atoms with van der Waals surface area (Å²) in [6.45, 7) is 3.72. The standard InChI is InChI=1S/C12H15F2NO2/c1-7-3-12(17-8(2)16-7)15-11-5-9(13)4-10(14)6-11/h4-8,12,15H,3H2,1-2H3. The Morgan fingerprint density at radius 2 is 1.76 bits per heavy atom. The van der Waals surface area contributed by atoms with Crippen LogP contribution in [0.15, 0.2) is 18.2 Å². The van der Waals surface area contributed by atoms with Crippen LogP contribution in [0.2, 0.25) is 0 Å². The predicted octanol–water partition coefficient (Wildman–Crippen LogP) is 2.87.